The molecule has 1 saturated heterocycles. The van der Waals surface area contributed by atoms with Crippen LogP contribution in [-0.2, 0) is 5.41 Å². The van der Waals surface area contributed by atoms with Crippen molar-refractivity contribution in [3.05, 3.63) is 29.5 Å². The molecule has 0 radical (unpaired) electrons. The van der Waals surface area contributed by atoms with Crippen LogP contribution in [0, 0.1) is 6.92 Å². The number of hydrogen-bond acceptors (Lipinski definition) is 7. The summed E-state index contributed by atoms with van der Waals surface area (Å²) in [6, 6.07) is 4.64. The second-order valence-corrected chi connectivity index (χ2v) is 7.68. The minimum atomic E-state index is -0.00505. The second-order valence-electron chi connectivity index (χ2n) is 7.68. The van der Waals surface area contributed by atoms with Crippen molar-refractivity contribution >= 4 is 11.7 Å². The van der Waals surface area contributed by atoms with E-state index in [4.69, 9.17) is 9.62 Å². The van der Waals surface area contributed by atoms with Crippen LogP contribution < -0.4 is 4.90 Å². The first-order valence-electron chi connectivity index (χ1n) is 8.70. The zero-order valence-corrected chi connectivity index (χ0v) is 15.1. The third-order valence-corrected chi connectivity index (χ3v) is 4.70. The van der Waals surface area contributed by atoms with Crippen LogP contribution in [0.5, 0.6) is 0 Å². The third-order valence-electron chi connectivity index (χ3n) is 4.70. The highest BCUT2D eigenvalue weighted by Crippen LogP contribution is 2.29. The molecule has 0 bridgehead atoms. The molecule has 1 aliphatic rings. The fourth-order valence-corrected chi connectivity index (χ4v) is 3.20. The van der Waals surface area contributed by atoms with Crippen LogP contribution >= 0.6 is 0 Å². The molecule has 0 amide bonds. The maximum atomic E-state index is 5.27. The predicted molar refractivity (Wildman–Crippen MR) is 92.7 cm³/mol. The number of anilines is 1. The van der Waals surface area contributed by atoms with Crippen molar-refractivity contribution in [3.8, 4) is 0 Å². The molecule has 1 fully saturated rings. The first-order valence-corrected chi connectivity index (χ1v) is 8.70. The Kier molecular flexibility index (Phi) is 3.70. The van der Waals surface area contributed by atoms with E-state index >= 15 is 0 Å². The van der Waals surface area contributed by atoms with Crippen LogP contribution in [0.15, 0.2) is 16.7 Å². The molecular formula is C17H23N7O. The summed E-state index contributed by atoms with van der Waals surface area (Å²) in [4.78, 5) is 6.45. The molecule has 0 unspecified atom stereocenters. The minimum absolute atomic E-state index is 0.00505. The predicted octanol–water partition coefficient (Wildman–Crippen LogP) is 2.50. The summed E-state index contributed by atoms with van der Waals surface area (Å²) < 4.78 is 7.19. The van der Waals surface area contributed by atoms with E-state index < -0.39 is 0 Å². The Morgan fingerprint density at radius 1 is 1.12 bits per heavy atom. The molecule has 0 spiro atoms. The van der Waals surface area contributed by atoms with Gasteiger partial charge in [-0.3, -0.25) is 0 Å². The number of hydrogen-bond donors (Lipinski definition) is 0. The van der Waals surface area contributed by atoms with E-state index in [9.17, 15) is 0 Å². The van der Waals surface area contributed by atoms with Gasteiger partial charge in [-0.2, -0.15) is 14.6 Å². The topological polar surface area (TPSA) is 85.2 Å². The van der Waals surface area contributed by atoms with E-state index in [1.165, 1.54) is 0 Å². The van der Waals surface area contributed by atoms with Crippen molar-refractivity contribution in [2.24, 2.45) is 0 Å². The molecule has 3 aromatic heterocycles. The molecule has 8 nitrogen and oxygen atoms in total. The van der Waals surface area contributed by atoms with Gasteiger partial charge >= 0.3 is 6.01 Å². The van der Waals surface area contributed by atoms with Crippen molar-refractivity contribution in [2.75, 3.05) is 18.0 Å². The summed E-state index contributed by atoms with van der Waals surface area (Å²) in [5.74, 6) is 1.94. The average Bonchev–Trinajstić information content (AvgIpc) is 3.20. The number of aryl methyl sites for hydroxylation is 1. The van der Waals surface area contributed by atoms with Crippen molar-refractivity contribution in [1.82, 2.24) is 30.0 Å². The maximum Gasteiger partial charge on any atom is 0.324 e. The Bertz CT molecular complexity index is 884. The van der Waals surface area contributed by atoms with E-state index in [1.807, 2.05) is 23.6 Å². The maximum absolute atomic E-state index is 5.27. The molecule has 0 saturated carbocycles. The summed E-state index contributed by atoms with van der Waals surface area (Å²) in [5, 5.41) is 17.4. The smallest absolute Gasteiger partial charge is 0.324 e. The number of aromatic nitrogens is 6. The summed E-state index contributed by atoms with van der Waals surface area (Å²) >= 11 is 0. The number of piperidine rings is 1. The molecule has 0 aromatic carbocycles. The number of rotatable bonds is 2. The van der Waals surface area contributed by atoms with Gasteiger partial charge in [-0.1, -0.05) is 25.9 Å². The Labute approximate surface area is 146 Å². The second kappa shape index (κ2) is 5.79. The summed E-state index contributed by atoms with van der Waals surface area (Å²) in [6.45, 7) is 10.0. The minimum Gasteiger partial charge on any atom is -0.324 e. The van der Waals surface area contributed by atoms with Crippen LogP contribution in [0.2, 0.25) is 0 Å². The fraction of sp³-hybridized carbons (Fsp3) is 0.588. The van der Waals surface area contributed by atoms with Gasteiger partial charge in [0.1, 0.15) is 0 Å². The Morgan fingerprint density at radius 2 is 1.88 bits per heavy atom. The van der Waals surface area contributed by atoms with Gasteiger partial charge in [-0.15, -0.1) is 10.2 Å². The first-order chi connectivity index (χ1) is 11.9. The highest BCUT2D eigenvalue weighted by Gasteiger charge is 2.28. The number of nitrogens with zero attached hydrogens (tertiary/aromatic N) is 7. The average molecular weight is 341 g/mol. The van der Waals surface area contributed by atoms with Crippen LogP contribution in [0.1, 0.15) is 56.9 Å². The zero-order chi connectivity index (χ0) is 17.6. The first kappa shape index (κ1) is 16.0. The largest absolute Gasteiger partial charge is 0.324 e. The molecule has 0 aliphatic carbocycles. The third kappa shape index (κ3) is 2.96. The van der Waals surface area contributed by atoms with Gasteiger partial charge in [-0.25, -0.2) is 0 Å². The van der Waals surface area contributed by atoms with Gasteiger partial charge in [0.2, 0.25) is 0 Å². The lowest BCUT2D eigenvalue weighted by molar-refractivity contribution is 0.386. The molecule has 3 aromatic rings. The Balaban J connectivity index is 1.56. The van der Waals surface area contributed by atoms with Gasteiger partial charge < -0.3 is 9.42 Å². The lowest BCUT2D eigenvalue weighted by atomic mass is 9.92. The van der Waals surface area contributed by atoms with Crippen molar-refractivity contribution < 1.29 is 4.52 Å². The standard InChI is InChI=1S/C17H23N7O/c1-11-18-16(25-22-11)23-9-7-12(8-10-23)15-20-19-14-6-5-13(17(2,3)4)21-24(14)15/h5-6,12H,7-10H2,1-4H3. The summed E-state index contributed by atoms with van der Waals surface area (Å²) in [6.07, 6.45) is 1.92. The monoisotopic (exact) mass is 341 g/mol. The van der Waals surface area contributed by atoms with E-state index in [2.05, 4.69) is 46.0 Å². The van der Waals surface area contributed by atoms with Gasteiger partial charge in [0, 0.05) is 24.4 Å². The highest BCUT2D eigenvalue weighted by atomic mass is 16.5. The van der Waals surface area contributed by atoms with Crippen LogP contribution in [0.3, 0.4) is 0 Å². The van der Waals surface area contributed by atoms with Gasteiger partial charge in [-0.05, 0) is 31.9 Å². The van der Waals surface area contributed by atoms with Gasteiger partial charge in [0.05, 0.1) is 5.69 Å². The molecule has 0 atom stereocenters. The van der Waals surface area contributed by atoms with Crippen molar-refractivity contribution in [3.63, 3.8) is 0 Å². The number of fused-ring (bicyclic) bond motifs is 1. The van der Waals surface area contributed by atoms with Crippen molar-refractivity contribution in [2.45, 2.75) is 51.9 Å². The Hall–Kier alpha value is -2.51. The normalized spacial score (nSPS) is 16.7. The molecule has 4 rings (SSSR count). The lowest BCUT2D eigenvalue weighted by Gasteiger charge is -2.29. The molecule has 132 valence electrons. The zero-order valence-electron chi connectivity index (χ0n) is 15.1. The molecule has 0 N–H and O–H groups in total. The molecule has 8 heteroatoms. The van der Waals surface area contributed by atoms with Gasteiger partial charge in [0.15, 0.2) is 17.3 Å². The fourth-order valence-electron chi connectivity index (χ4n) is 3.20. The molecule has 25 heavy (non-hydrogen) atoms. The van der Waals surface area contributed by atoms with Gasteiger partial charge in [0.25, 0.3) is 0 Å². The lowest BCUT2D eigenvalue weighted by Crippen LogP contribution is -2.33. The van der Waals surface area contributed by atoms with E-state index in [0.29, 0.717) is 17.8 Å². The van der Waals surface area contributed by atoms with E-state index in [0.717, 1.165) is 43.1 Å². The molecular weight excluding hydrogens is 318 g/mol. The summed E-state index contributed by atoms with van der Waals surface area (Å²) in [5.41, 5.74) is 1.84. The molecule has 1 aliphatic heterocycles. The van der Waals surface area contributed by atoms with Crippen LogP contribution in [-0.4, -0.2) is 43.0 Å². The Morgan fingerprint density at radius 3 is 2.52 bits per heavy atom. The molecule has 4 heterocycles. The van der Waals surface area contributed by atoms with Crippen LogP contribution in [0.25, 0.3) is 5.65 Å². The quantitative estimate of drug-likeness (QED) is 0.708. The van der Waals surface area contributed by atoms with E-state index in [-0.39, 0.29) is 5.41 Å². The van der Waals surface area contributed by atoms with Crippen LogP contribution in [0.4, 0.5) is 6.01 Å². The SMILES string of the molecule is Cc1noc(N2CCC(c3nnc4ccc(C(C)(C)C)nn34)CC2)n1. The highest BCUT2D eigenvalue weighted by molar-refractivity contribution is 5.38. The van der Waals surface area contributed by atoms with E-state index in [1.54, 1.807) is 0 Å². The van der Waals surface area contributed by atoms with Crippen molar-refractivity contribution in [1.29, 1.82) is 0 Å². The summed E-state index contributed by atoms with van der Waals surface area (Å²) in [7, 11) is 0.